The highest BCUT2D eigenvalue weighted by atomic mass is 127. The van der Waals surface area contributed by atoms with E-state index in [1.807, 2.05) is 41.3 Å². The van der Waals surface area contributed by atoms with Gasteiger partial charge in [-0.25, -0.2) is 0 Å². The number of rotatable bonds is 6. The third kappa shape index (κ3) is 4.46. The first kappa shape index (κ1) is 14.3. The number of aromatic nitrogens is 2. The first-order chi connectivity index (χ1) is 9.15. The molecule has 100 valence electrons. The standard InChI is InChI=1S/C13H14IN3OS/c14-11-8-16-17(9-11)6-1-7-18-12-4-2-10(3-5-12)13(15)19/h2-5,8-9H,1,6-7H2,(H2,15,19). The molecule has 0 saturated heterocycles. The zero-order valence-corrected chi connectivity index (χ0v) is 13.2. The zero-order chi connectivity index (χ0) is 13.7. The Morgan fingerprint density at radius 3 is 2.68 bits per heavy atom. The summed E-state index contributed by atoms with van der Waals surface area (Å²) in [7, 11) is 0. The fourth-order valence-corrected chi connectivity index (χ4v) is 2.17. The summed E-state index contributed by atoms with van der Waals surface area (Å²) < 4.78 is 8.71. The Balaban J connectivity index is 1.75. The summed E-state index contributed by atoms with van der Waals surface area (Å²) in [6, 6.07) is 7.50. The van der Waals surface area contributed by atoms with Crippen molar-refractivity contribution >= 4 is 39.8 Å². The summed E-state index contributed by atoms with van der Waals surface area (Å²) in [5.74, 6) is 0.829. The molecule has 0 saturated carbocycles. The number of nitrogens with two attached hydrogens (primary N) is 1. The van der Waals surface area contributed by atoms with Gasteiger partial charge in [-0.1, -0.05) is 12.2 Å². The molecule has 6 heteroatoms. The zero-order valence-electron chi connectivity index (χ0n) is 10.3. The molecule has 0 bridgehead atoms. The molecule has 2 rings (SSSR count). The number of hydrogen-bond acceptors (Lipinski definition) is 3. The number of thiocarbonyl (C=S) groups is 1. The third-order valence-corrected chi connectivity index (χ3v) is 3.33. The molecule has 0 aliphatic heterocycles. The molecule has 0 atom stereocenters. The summed E-state index contributed by atoms with van der Waals surface area (Å²) >= 11 is 7.14. The van der Waals surface area contributed by atoms with Gasteiger partial charge in [-0.2, -0.15) is 5.10 Å². The van der Waals surface area contributed by atoms with Crippen molar-refractivity contribution in [1.82, 2.24) is 9.78 Å². The van der Waals surface area contributed by atoms with Gasteiger partial charge in [-0.05, 0) is 46.9 Å². The lowest BCUT2D eigenvalue weighted by atomic mass is 10.2. The topological polar surface area (TPSA) is 53.1 Å². The summed E-state index contributed by atoms with van der Waals surface area (Å²) in [6.07, 6.45) is 4.77. The molecule has 19 heavy (non-hydrogen) atoms. The monoisotopic (exact) mass is 387 g/mol. The van der Waals surface area contributed by atoms with Crippen molar-refractivity contribution < 1.29 is 4.74 Å². The number of halogens is 1. The van der Waals surface area contributed by atoms with E-state index in [2.05, 4.69) is 27.7 Å². The molecule has 2 aromatic rings. The molecule has 0 aliphatic rings. The van der Waals surface area contributed by atoms with E-state index in [1.54, 1.807) is 0 Å². The highest BCUT2D eigenvalue weighted by Gasteiger charge is 1.99. The van der Waals surface area contributed by atoms with E-state index < -0.39 is 0 Å². The van der Waals surface area contributed by atoms with Crippen LogP contribution in [0.5, 0.6) is 5.75 Å². The Kier molecular flexibility index (Phi) is 5.15. The van der Waals surface area contributed by atoms with E-state index in [0.29, 0.717) is 11.6 Å². The minimum Gasteiger partial charge on any atom is -0.494 e. The van der Waals surface area contributed by atoms with Crippen LogP contribution in [0.1, 0.15) is 12.0 Å². The van der Waals surface area contributed by atoms with Gasteiger partial charge in [-0.15, -0.1) is 0 Å². The largest absolute Gasteiger partial charge is 0.494 e. The van der Waals surface area contributed by atoms with Crippen LogP contribution in [0.3, 0.4) is 0 Å². The summed E-state index contributed by atoms with van der Waals surface area (Å²) in [6.45, 7) is 1.51. The van der Waals surface area contributed by atoms with Gasteiger partial charge in [0.05, 0.1) is 16.4 Å². The molecule has 4 nitrogen and oxygen atoms in total. The predicted octanol–water partition coefficient (Wildman–Crippen LogP) is 2.59. The van der Waals surface area contributed by atoms with Gasteiger partial charge >= 0.3 is 0 Å². The maximum atomic E-state index is 5.64. The van der Waals surface area contributed by atoms with Crippen LogP contribution in [0.4, 0.5) is 0 Å². The van der Waals surface area contributed by atoms with Crippen LogP contribution >= 0.6 is 34.8 Å². The molecular formula is C13H14IN3OS. The van der Waals surface area contributed by atoms with Crippen molar-refractivity contribution in [3.63, 3.8) is 0 Å². The Labute approximate surface area is 131 Å². The van der Waals surface area contributed by atoms with E-state index in [1.165, 1.54) is 0 Å². The van der Waals surface area contributed by atoms with Gasteiger partial charge in [0.25, 0.3) is 0 Å². The molecular weight excluding hydrogens is 373 g/mol. The molecule has 0 amide bonds. The minimum absolute atomic E-state index is 0.403. The second-order valence-corrected chi connectivity index (χ2v) is 5.70. The van der Waals surface area contributed by atoms with E-state index >= 15 is 0 Å². The number of hydrogen-bond donors (Lipinski definition) is 1. The molecule has 1 aromatic heterocycles. The van der Waals surface area contributed by atoms with Crippen molar-refractivity contribution in [3.05, 3.63) is 45.8 Å². The lowest BCUT2D eigenvalue weighted by Gasteiger charge is -2.07. The highest BCUT2D eigenvalue weighted by molar-refractivity contribution is 14.1. The second kappa shape index (κ2) is 6.85. The van der Waals surface area contributed by atoms with Crippen LogP contribution in [0.15, 0.2) is 36.7 Å². The van der Waals surface area contributed by atoms with Crippen molar-refractivity contribution in [2.24, 2.45) is 5.73 Å². The highest BCUT2D eigenvalue weighted by Crippen LogP contribution is 2.12. The van der Waals surface area contributed by atoms with E-state index in [0.717, 1.165) is 27.8 Å². The first-order valence-electron chi connectivity index (χ1n) is 5.86. The van der Waals surface area contributed by atoms with E-state index in [-0.39, 0.29) is 0 Å². The van der Waals surface area contributed by atoms with Crippen LogP contribution in [0, 0.1) is 3.57 Å². The smallest absolute Gasteiger partial charge is 0.119 e. The van der Waals surface area contributed by atoms with Gasteiger partial charge in [-0.3, -0.25) is 4.68 Å². The van der Waals surface area contributed by atoms with Gasteiger partial charge in [0, 0.05) is 24.7 Å². The molecule has 1 heterocycles. The maximum Gasteiger partial charge on any atom is 0.119 e. The average molecular weight is 387 g/mol. The van der Waals surface area contributed by atoms with Gasteiger partial charge in [0.1, 0.15) is 10.7 Å². The van der Waals surface area contributed by atoms with Crippen molar-refractivity contribution in [2.45, 2.75) is 13.0 Å². The molecule has 2 N–H and O–H groups in total. The Morgan fingerprint density at radius 1 is 1.37 bits per heavy atom. The summed E-state index contributed by atoms with van der Waals surface area (Å²) in [5.41, 5.74) is 6.39. The van der Waals surface area contributed by atoms with Crippen molar-refractivity contribution in [3.8, 4) is 5.75 Å². The van der Waals surface area contributed by atoms with Gasteiger partial charge in [0.2, 0.25) is 0 Å². The maximum absolute atomic E-state index is 5.64. The van der Waals surface area contributed by atoms with E-state index in [9.17, 15) is 0 Å². The fraction of sp³-hybridized carbons (Fsp3) is 0.231. The van der Waals surface area contributed by atoms with Crippen LogP contribution in [-0.2, 0) is 6.54 Å². The predicted molar refractivity (Wildman–Crippen MR) is 87.4 cm³/mol. The Morgan fingerprint density at radius 2 is 2.11 bits per heavy atom. The van der Waals surface area contributed by atoms with Gasteiger partial charge in [0.15, 0.2) is 0 Å². The molecule has 0 aliphatic carbocycles. The molecule has 0 fully saturated rings. The lowest BCUT2D eigenvalue weighted by molar-refractivity contribution is 0.298. The summed E-state index contributed by atoms with van der Waals surface area (Å²) in [4.78, 5) is 0.403. The quantitative estimate of drug-likeness (QED) is 0.471. The lowest BCUT2D eigenvalue weighted by Crippen LogP contribution is -2.09. The molecule has 1 aromatic carbocycles. The van der Waals surface area contributed by atoms with Crippen LogP contribution in [0.2, 0.25) is 0 Å². The van der Waals surface area contributed by atoms with Crippen LogP contribution in [-0.4, -0.2) is 21.4 Å². The van der Waals surface area contributed by atoms with E-state index in [4.69, 9.17) is 22.7 Å². The first-order valence-corrected chi connectivity index (χ1v) is 7.34. The third-order valence-electron chi connectivity index (χ3n) is 2.54. The second-order valence-electron chi connectivity index (χ2n) is 4.01. The Bertz CT molecular complexity index is 553. The number of aryl methyl sites for hydroxylation is 1. The van der Waals surface area contributed by atoms with Gasteiger partial charge < -0.3 is 10.5 Å². The van der Waals surface area contributed by atoms with Crippen molar-refractivity contribution in [2.75, 3.05) is 6.61 Å². The Hall–Kier alpha value is -1.15. The molecule has 0 radical (unpaired) electrons. The molecule has 0 unspecified atom stereocenters. The fourth-order valence-electron chi connectivity index (χ4n) is 1.59. The number of nitrogens with zero attached hydrogens (tertiary/aromatic N) is 2. The van der Waals surface area contributed by atoms with Crippen molar-refractivity contribution in [1.29, 1.82) is 0 Å². The minimum atomic E-state index is 0.403. The average Bonchev–Trinajstić information content (AvgIpc) is 2.81. The van der Waals surface area contributed by atoms with Crippen LogP contribution < -0.4 is 10.5 Å². The number of benzene rings is 1. The van der Waals surface area contributed by atoms with Crippen LogP contribution in [0.25, 0.3) is 0 Å². The SMILES string of the molecule is NC(=S)c1ccc(OCCCn2cc(I)cn2)cc1. The summed E-state index contributed by atoms with van der Waals surface area (Å²) in [5, 5.41) is 4.22. The number of ether oxygens (including phenoxy) is 1. The normalized spacial score (nSPS) is 10.4. The molecule has 0 spiro atoms.